The van der Waals surface area contributed by atoms with E-state index in [1.165, 1.54) is 0 Å². The Balaban J connectivity index is 1.29. The zero-order valence-corrected chi connectivity index (χ0v) is 15.0. The third kappa shape index (κ3) is 4.40. The smallest absolute Gasteiger partial charge is 0.224 e. The van der Waals surface area contributed by atoms with Crippen molar-refractivity contribution >= 4 is 5.91 Å². The molecule has 1 unspecified atom stereocenters. The summed E-state index contributed by atoms with van der Waals surface area (Å²) in [5, 5.41) is 10.1. The van der Waals surface area contributed by atoms with Crippen molar-refractivity contribution < 1.29 is 9.21 Å². The number of carbonyl (C=O) groups is 1. The normalized spacial score (nSPS) is 17.7. The number of aromatic amines is 1. The highest BCUT2D eigenvalue weighted by Gasteiger charge is 2.26. The Morgan fingerprint density at radius 3 is 3.04 bits per heavy atom. The largest absolute Gasteiger partial charge is 0.468 e. The Kier molecular flexibility index (Phi) is 5.24. The van der Waals surface area contributed by atoms with Crippen LogP contribution < -0.4 is 5.32 Å². The van der Waals surface area contributed by atoms with Gasteiger partial charge in [-0.3, -0.25) is 19.8 Å². The van der Waals surface area contributed by atoms with E-state index in [9.17, 15) is 4.79 Å². The van der Waals surface area contributed by atoms with E-state index in [2.05, 4.69) is 30.4 Å². The Bertz CT molecular complexity index is 861. The van der Waals surface area contributed by atoms with Gasteiger partial charge in [0.1, 0.15) is 11.6 Å². The lowest BCUT2D eigenvalue weighted by molar-refractivity contribution is -0.127. The molecule has 0 radical (unpaired) electrons. The van der Waals surface area contributed by atoms with Crippen LogP contribution in [0.15, 0.2) is 47.3 Å². The van der Waals surface area contributed by atoms with Crippen LogP contribution in [-0.4, -0.2) is 44.1 Å². The Morgan fingerprint density at radius 2 is 2.22 bits per heavy atom. The zero-order valence-electron chi connectivity index (χ0n) is 15.0. The average molecular weight is 366 g/mol. The van der Waals surface area contributed by atoms with Crippen molar-refractivity contribution in [3.63, 3.8) is 0 Å². The third-order valence-electron chi connectivity index (χ3n) is 4.74. The molecule has 0 aromatic carbocycles. The molecule has 0 bridgehead atoms. The number of rotatable bonds is 6. The summed E-state index contributed by atoms with van der Waals surface area (Å²) in [7, 11) is 0. The van der Waals surface area contributed by atoms with Crippen LogP contribution in [-0.2, 0) is 17.9 Å². The molecule has 0 aliphatic carbocycles. The first-order valence-corrected chi connectivity index (χ1v) is 9.12. The molecule has 27 heavy (non-hydrogen) atoms. The van der Waals surface area contributed by atoms with Crippen molar-refractivity contribution in [1.82, 2.24) is 30.4 Å². The standard InChI is InChI=1S/C19H22N6O2/c26-19(15-3-1-9-25(12-15)13-16-4-2-10-27-16)21-11-17-22-18(24-23-17)14-5-7-20-8-6-14/h2,4-8,10,15H,1,3,9,11-13H2,(H,21,26)(H,22,23,24). The van der Waals surface area contributed by atoms with Crippen LogP contribution in [0.3, 0.4) is 0 Å². The molecule has 1 fully saturated rings. The number of hydrogen-bond donors (Lipinski definition) is 2. The van der Waals surface area contributed by atoms with Gasteiger partial charge in [0.25, 0.3) is 0 Å². The summed E-state index contributed by atoms with van der Waals surface area (Å²) in [4.78, 5) is 23.2. The van der Waals surface area contributed by atoms with Gasteiger partial charge in [-0.25, -0.2) is 4.98 Å². The molecule has 3 aromatic rings. The second-order valence-electron chi connectivity index (χ2n) is 6.71. The summed E-state index contributed by atoms with van der Waals surface area (Å²) in [6.07, 6.45) is 6.99. The van der Waals surface area contributed by atoms with Crippen LogP contribution >= 0.6 is 0 Å². The van der Waals surface area contributed by atoms with Gasteiger partial charge in [0.05, 0.1) is 25.3 Å². The van der Waals surface area contributed by atoms with Crippen molar-refractivity contribution in [3.8, 4) is 11.4 Å². The number of carbonyl (C=O) groups excluding carboxylic acids is 1. The Morgan fingerprint density at radius 1 is 1.33 bits per heavy atom. The molecule has 4 rings (SSSR count). The predicted molar refractivity (Wildman–Crippen MR) is 98.2 cm³/mol. The third-order valence-corrected chi connectivity index (χ3v) is 4.74. The molecule has 140 valence electrons. The highest BCUT2D eigenvalue weighted by atomic mass is 16.3. The lowest BCUT2D eigenvalue weighted by Gasteiger charge is -2.31. The van der Waals surface area contributed by atoms with Crippen molar-refractivity contribution in [2.45, 2.75) is 25.9 Å². The maximum Gasteiger partial charge on any atom is 0.224 e. The van der Waals surface area contributed by atoms with E-state index >= 15 is 0 Å². The quantitative estimate of drug-likeness (QED) is 0.692. The van der Waals surface area contributed by atoms with Gasteiger partial charge in [-0.1, -0.05) is 0 Å². The van der Waals surface area contributed by atoms with Gasteiger partial charge in [0.15, 0.2) is 5.82 Å². The fourth-order valence-corrected chi connectivity index (χ4v) is 3.36. The molecule has 1 amide bonds. The Labute approximate surface area is 157 Å². The second-order valence-corrected chi connectivity index (χ2v) is 6.71. The number of furan rings is 1. The van der Waals surface area contributed by atoms with Gasteiger partial charge in [0.2, 0.25) is 5.91 Å². The fourth-order valence-electron chi connectivity index (χ4n) is 3.36. The minimum atomic E-state index is -0.0173. The lowest BCUT2D eigenvalue weighted by Crippen LogP contribution is -2.42. The predicted octanol–water partition coefficient (Wildman–Crippen LogP) is 1.99. The van der Waals surface area contributed by atoms with Crippen LogP contribution in [0.2, 0.25) is 0 Å². The van der Waals surface area contributed by atoms with E-state index < -0.39 is 0 Å². The number of pyridine rings is 1. The summed E-state index contributed by atoms with van der Waals surface area (Å²) in [5.41, 5.74) is 0.889. The summed E-state index contributed by atoms with van der Waals surface area (Å²) in [6, 6.07) is 7.55. The molecule has 8 nitrogen and oxygen atoms in total. The van der Waals surface area contributed by atoms with Gasteiger partial charge in [-0.05, 0) is 43.7 Å². The van der Waals surface area contributed by atoms with E-state index in [1.807, 2.05) is 24.3 Å². The minimum absolute atomic E-state index is 0.0173. The van der Waals surface area contributed by atoms with Gasteiger partial charge in [-0.2, -0.15) is 5.10 Å². The van der Waals surface area contributed by atoms with Crippen molar-refractivity contribution in [2.75, 3.05) is 13.1 Å². The number of aromatic nitrogens is 4. The molecule has 1 saturated heterocycles. The molecule has 0 spiro atoms. The summed E-state index contributed by atoms with van der Waals surface area (Å²) in [6.45, 7) is 2.81. The number of H-pyrrole nitrogens is 1. The molecule has 1 aliphatic rings. The van der Waals surface area contributed by atoms with Gasteiger partial charge in [-0.15, -0.1) is 0 Å². The highest BCUT2D eigenvalue weighted by Crippen LogP contribution is 2.19. The molecule has 3 aromatic heterocycles. The van der Waals surface area contributed by atoms with E-state index in [4.69, 9.17) is 4.42 Å². The number of nitrogens with one attached hydrogen (secondary N) is 2. The molecule has 1 atom stereocenters. The first kappa shape index (κ1) is 17.4. The molecule has 4 heterocycles. The van der Waals surface area contributed by atoms with E-state index in [-0.39, 0.29) is 11.8 Å². The van der Waals surface area contributed by atoms with E-state index in [1.54, 1.807) is 18.7 Å². The average Bonchev–Trinajstić information content (AvgIpc) is 3.39. The van der Waals surface area contributed by atoms with Gasteiger partial charge < -0.3 is 9.73 Å². The monoisotopic (exact) mass is 366 g/mol. The molecule has 0 saturated carbocycles. The summed E-state index contributed by atoms with van der Waals surface area (Å²) < 4.78 is 5.41. The van der Waals surface area contributed by atoms with Crippen LogP contribution in [0, 0.1) is 5.92 Å². The van der Waals surface area contributed by atoms with Gasteiger partial charge in [0, 0.05) is 24.5 Å². The van der Waals surface area contributed by atoms with Crippen LogP contribution in [0.4, 0.5) is 0 Å². The van der Waals surface area contributed by atoms with Crippen LogP contribution in [0.25, 0.3) is 11.4 Å². The van der Waals surface area contributed by atoms with Crippen molar-refractivity contribution in [2.24, 2.45) is 5.92 Å². The number of hydrogen-bond acceptors (Lipinski definition) is 6. The van der Waals surface area contributed by atoms with E-state index in [0.717, 1.165) is 43.8 Å². The molecule has 1 aliphatic heterocycles. The lowest BCUT2D eigenvalue weighted by atomic mass is 9.97. The maximum atomic E-state index is 12.6. The molecular formula is C19H22N6O2. The number of nitrogens with zero attached hydrogens (tertiary/aromatic N) is 4. The van der Waals surface area contributed by atoms with E-state index in [0.29, 0.717) is 18.2 Å². The maximum absolute atomic E-state index is 12.6. The van der Waals surface area contributed by atoms with Crippen LogP contribution in [0.1, 0.15) is 24.4 Å². The summed E-state index contributed by atoms with van der Waals surface area (Å²) >= 11 is 0. The second kappa shape index (κ2) is 8.13. The first-order valence-electron chi connectivity index (χ1n) is 9.12. The number of likely N-dealkylation sites (tertiary alicyclic amines) is 1. The fraction of sp³-hybridized carbons (Fsp3) is 0.368. The zero-order chi connectivity index (χ0) is 18.5. The van der Waals surface area contributed by atoms with Crippen molar-refractivity contribution in [1.29, 1.82) is 0 Å². The minimum Gasteiger partial charge on any atom is -0.468 e. The number of piperidine rings is 1. The summed E-state index contributed by atoms with van der Waals surface area (Å²) in [5.74, 6) is 2.21. The topological polar surface area (TPSA) is 99.9 Å². The Hall–Kier alpha value is -3.00. The SMILES string of the molecule is O=C(NCc1nc(-c2ccncc2)n[nH]1)C1CCCN(Cc2ccco2)C1. The van der Waals surface area contributed by atoms with Gasteiger partial charge >= 0.3 is 0 Å². The molecular weight excluding hydrogens is 344 g/mol. The highest BCUT2D eigenvalue weighted by molar-refractivity contribution is 5.78. The molecule has 8 heteroatoms. The van der Waals surface area contributed by atoms with Crippen molar-refractivity contribution in [3.05, 3.63) is 54.5 Å². The first-order chi connectivity index (χ1) is 13.3. The number of amides is 1. The molecule has 2 N–H and O–H groups in total. The van der Waals surface area contributed by atoms with Crippen LogP contribution in [0.5, 0.6) is 0 Å².